The van der Waals surface area contributed by atoms with Crippen LogP contribution in [0.2, 0.25) is 0 Å². The fourth-order valence-corrected chi connectivity index (χ4v) is 1.50. The van der Waals surface area contributed by atoms with E-state index >= 15 is 0 Å². The molecule has 0 aromatic heterocycles. The van der Waals surface area contributed by atoms with Crippen molar-refractivity contribution < 1.29 is 36.6 Å². The number of hydrogen-bond acceptors (Lipinski definition) is 2. The Morgan fingerprint density at radius 2 is 0.722 bits per heavy atom. The van der Waals surface area contributed by atoms with Crippen molar-refractivity contribution in [2.24, 2.45) is 0 Å². The third-order valence-corrected chi connectivity index (χ3v) is 2.35. The van der Waals surface area contributed by atoms with Crippen molar-refractivity contribution in [3.05, 3.63) is 34.9 Å². The largest absolute Gasteiger partial charge is 0.504 e. The zero-order valence-corrected chi connectivity index (χ0v) is 8.16. The van der Waals surface area contributed by atoms with Crippen molar-refractivity contribution in [1.29, 1.82) is 0 Å². The van der Waals surface area contributed by atoms with E-state index in [1.54, 1.807) is 0 Å². The van der Waals surface area contributed by atoms with Crippen LogP contribution in [0.1, 0.15) is 0 Å². The Kier molecular flexibility index (Phi) is 2.53. The molecule has 2 nitrogen and oxygen atoms in total. The number of halogens is 6. The molecule has 0 bridgehead atoms. The van der Waals surface area contributed by atoms with E-state index in [0.29, 0.717) is 0 Å². The summed E-state index contributed by atoms with van der Waals surface area (Å²) in [6, 6.07) is 0. The van der Waals surface area contributed by atoms with Crippen LogP contribution >= 0.6 is 0 Å². The highest BCUT2D eigenvalue weighted by molar-refractivity contribution is 5.94. The predicted molar refractivity (Wildman–Crippen MR) is 47.0 cm³/mol. The van der Waals surface area contributed by atoms with Crippen LogP contribution in [0.4, 0.5) is 26.3 Å². The van der Waals surface area contributed by atoms with Gasteiger partial charge in [0.15, 0.2) is 34.8 Å². The minimum atomic E-state index is -2.32. The molecule has 0 atom stereocenters. The Bertz CT molecular complexity index is 569. The molecule has 0 radical (unpaired) electrons. The molecule has 0 amide bonds. The van der Waals surface area contributed by atoms with Gasteiger partial charge in [-0.15, -0.1) is 0 Å². The third kappa shape index (κ3) is 1.31. The van der Waals surface area contributed by atoms with Crippen LogP contribution in [-0.4, -0.2) is 10.2 Å². The minimum Gasteiger partial charge on any atom is -0.504 e. The summed E-state index contributed by atoms with van der Waals surface area (Å²) in [7, 11) is 0. The second-order valence-corrected chi connectivity index (χ2v) is 3.33. The molecule has 18 heavy (non-hydrogen) atoms. The average molecular weight is 268 g/mol. The van der Waals surface area contributed by atoms with Gasteiger partial charge in [-0.3, -0.25) is 0 Å². The van der Waals surface area contributed by atoms with Crippen molar-refractivity contribution >= 4 is 10.8 Å². The van der Waals surface area contributed by atoms with Gasteiger partial charge in [-0.2, -0.15) is 8.78 Å². The molecule has 0 heterocycles. The van der Waals surface area contributed by atoms with E-state index < -0.39 is 57.2 Å². The molecule has 0 aliphatic carbocycles. The molecular weight excluding hydrogens is 266 g/mol. The Balaban J connectivity index is 3.22. The Hall–Kier alpha value is -2.12. The van der Waals surface area contributed by atoms with Crippen molar-refractivity contribution in [3.8, 4) is 11.5 Å². The van der Waals surface area contributed by atoms with Crippen molar-refractivity contribution in [2.75, 3.05) is 0 Å². The van der Waals surface area contributed by atoms with Crippen LogP contribution in [0.5, 0.6) is 11.5 Å². The highest BCUT2D eigenvalue weighted by atomic mass is 19.2. The van der Waals surface area contributed by atoms with Gasteiger partial charge in [0, 0.05) is 0 Å². The highest BCUT2D eigenvalue weighted by Gasteiger charge is 2.29. The smallest absolute Gasteiger partial charge is 0.205 e. The van der Waals surface area contributed by atoms with Crippen molar-refractivity contribution in [2.45, 2.75) is 0 Å². The van der Waals surface area contributed by atoms with Gasteiger partial charge in [-0.05, 0) is 0 Å². The topological polar surface area (TPSA) is 40.5 Å². The van der Waals surface area contributed by atoms with Gasteiger partial charge in [-0.1, -0.05) is 0 Å². The highest BCUT2D eigenvalue weighted by Crippen LogP contribution is 2.41. The molecule has 2 aromatic rings. The lowest BCUT2D eigenvalue weighted by Gasteiger charge is -2.09. The number of aromatic hydroxyl groups is 2. The monoisotopic (exact) mass is 268 g/mol. The number of phenols is 2. The first-order valence-corrected chi connectivity index (χ1v) is 4.33. The molecular formula is C10H2F6O2. The van der Waals surface area contributed by atoms with Crippen LogP contribution in [-0.2, 0) is 0 Å². The molecule has 0 saturated heterocycles. The van der Waals surface area contributed by atoms with Gasteiger partial charge in [0.1, 0.15) is 0 Å². The zero-order valence-electron chi connectivity index (χ0n) is 8.16. The molecule has 0 spiro atoms. The lowest BCUT2D eigenvalue weighted by molar-refractivity contribution is 0.372. The molecule has 0 aliphatic rings. The maximum Gasteiger partial charge on any atom is 0.205 e. The van der Waals surface area contributed by atoms with Gasteiger partial charge in [0.05, 0.1) is 10.8 Å². The van der Waals surface area contributed by atoms with Crippen LogP contribution in [0.15, 0.2) is 0 Å². The number of benzene rings is 2. The number of hydrogen-bond donors (Lipinski definition) is 2. The molecule has 2 N–H and O–H groups in total. The fraction of sp³-hybridized carbons (Fsp3) is 0. The Morgan fingerprint density at radius 1 is 0.444 bits per heavy atom. The number of rotatable bonds is 0. The van der Waals surface area contributed by atoms with E-state index in [1.165, 1.54) is 0 Å². The number of fused-ring (bicyclic) bond motifs is 1. The molecule has 0 saturated carbocycles. The summed E-state index contributed by atoms with van der Waals surface area (Å²) in [5.41, 5.74) is 0. The van der Waals surface area contributed by atoms with E-state index in [0.717, 1.165) is 0 Å². The second kappa shape index (κ2) is 3.69. The second-order valence-electron chi connectivity index (χ2n) is 3.33. The van der Waals surface area contributed by atoms with Crippen molar-refractivity contribution in [1.82, 2.24) is 0 Å². The molecule has 0 aliphatic heterocycles. The van der Waals surface area contributed by atoms with Gasteiger partial charge < -0.3 is 10.2 Å². The normalized spacial score (nSPS) is 11.2. The van der Waals surface area contributed by atoms with E-state index in [2.05, 4.69) is 0 Å². The first-order valence-electron chi connectivity index (χ1n) is 4.33. The summed E-state index contributed by atoms with van der Waals surface area (Å²) in [4.78, 5) is 0. The fourth-order valence-electron chi connectivity index (χ4n) is 1.50. The summed E-state index contributed by atoms with van der Waals surface area (Å²) >= 11 is 0. The molecule has 0 fully saturated rings. The maximum absolute atomic E-state index is 13.2. The lowest BCUT2D eigenvalue weighted by Crippen LogP contribution is -2.01. The Morgan fingerprint density at radius 3 is 1.00 bits per heavy atom. The molecule has 8 heteroatoms. The molecule has 2 aromatic carbocycles. The van der Waals surface area contributed by atoms with Crippen LogP contribution in [0, 0.1) is 34.9 Å². The third-order valence-electron chi connectivity index (χ3n) is 2.35. The summed E-state index contributed by atoms with van der Waals surface area (Å²) in [6.07, 6.45) is 0. The van der Waals surface area contributed by atoms with E-state index in [-0.39, 0.29) is 0 Å². The SMILES string of the molecule is Oc1c(F)c(F)c(O)c2c(F)c(F)c(F)c(F)c12. The standard InChI is InChI=1S/C10H2F6O2/c11-3-1-2(4(12)6(14)5(3)13)10(18)8(16)7(15)9(1)17/h17-18H. The lowest BCUT2D eigenvalue weighted by atomic mass is 10.1. The minimum absolute atomic E-state index is 1.48. The first-order chi connectivity index (χ1) is 8.29. The maximum atomic E-state index is 13.2. The van der Waals surface area contributed by atoms with E-state index in [1.807, 2.05) is 0 Å². The molecule has 0 unspecified atom stereocenters. The summed E-state index contributed by atoms with van der Waals surface area (Å²) < 4.78 is 78.2. The van der Waals surface area contributed by atoms with Crippen LogP contribution in [0.3, 0.4) is 0 Å². The van der Waals surface area contributed by atoms with Gasteiger partial charge in [0.2, 0.25) is 11.6 Å². The van der Waals surface area contributed by atoms with Crippen molar-refractivity contribution in [3.63, 3.8) is 0 Å². The summed E-state index contributed by atoms with van der Waals surface area (Å²) in [5, 5.41) is 15.2. The van der Waals surface area contributed by atoms with Crippen LogP contribution < -0.4 is 0 Å². The molecule has 96 valence electrons. The van der Waals surface area contributed by atoms with Gasteiger partial charge >= 0.3 is 0 Å². The van der Waals surface area contributed by atoms with Gasteiger partial charge in [0.25, 0.3) is 0 Å². The predicted octanol–water partition coefficient (Wildman–Crippen LogP) is 3.09. The number of phenolic OH excluding ortho intramolecular Hbond substituents is 2. The summed E-state index contributed by atoms with van der Waals surface area (Å²) in [5.74, 6) is -16.7. The average Bonchev–Trinajstić information content (AvgIpc) is 2.35. The quantitative estimate of drug-likeness (QED) is 0.333. The molecule has 2 rings (SSSR count). The van der Waals surface area contributed by atoms with E-state index in [9.17, 15) is 26.3 Å². The van der Waals surface area contributed by atoms with Gasteiger partial charge in [-0.25, -0.2) is 17.6 Å². The van der Waals surface area contributed by atoms with Crippen LogP contribution in [0.25, 0.3) is 10.8 Å². The zero-order chi connectivity index (χ0) is 13.8. The Labute approximate surface area is 94.7 Å². The first kappa shape index (κ1) is 12.3. The van der Waals surface area contributed by atoms with E-state index in [4.69, 9.17) is 10.2 Å². The summed E-state index contributed by atoms with van der Waals surface area (Å²) in [6.45, 7) is 0.